The van der Waals surface area contributed by atoms with Gasteiger partial charge in [0.25, 0.3) is 0 Å². The van der Waals surface area contributed by atoms with Gasteiger partial charge in [-0.15, -0.1) is 0 Å². The summed E-state index contributed by atoms with van der Waals surface area (Å²) in [6, 6.07) is 3.72. The summed E-state index contributed by atoms with van der Waals surface area (Å²) < 4.78 is 0. The zero-order valence-corrected chi connectivity index (χ0v) is 8.59. The lowest BCUT2D eigenvalue weighted by molar-refractivity contribution is 0.403. The van der Waals surface area contributed by atoms with Gasteiger partial charge in [0, 0.05) is 6.04 Å². The van der Waals surface area contributed by atoms with Gasteiger partial charge in [-0.3, -0.25) is 0 Å². The third-order valence-corrected chi connectivity index (χ3v) is 2.80. The third kappa shape index (κ3) is 1.99. The first-order chi connectivity index (χ1) is 6.77. The van der Waals surface area contributed by atoms with Gasteiger partial charge in [-0.05, 0) is 31.5 Å². The lowest BCUT2D eigenvalue weighted by Crippen LogP contribution is -2.27. The van der Waals surface area contributed by atoms with Crippen LogP contribution in [0.25, 0.3) is 0 Å². The number of aromatic nitrogens is 1. The molecule has 3 nitrogen and oxygen atoms in total. The minimum atomic E-state index is 0.0474. The van der Waals surface area contributed by atoms with Crippen LogP contribution in [0.1, 0.15) is 31.0 Å². The fourth-order valence-electron chi connectivity index (χ4n) is 1.74. The molecule has 0 amide bonds. The van der Waals surface area contributed by atoms with E-state index in [4.69, 9.17) is 11.6 Å². The van der Waals surface area contributed by atoms with Crippen LogP contribution < -0.4 is 5.32 Å². The zero-order chi connectivity index (χ0) is 9.97. The lowest BCUT2D eigenvalue weighted by Gasteiger charge is -2.22. The molecule has 1 saturated heterocycles. The second-order valence-electron chi connectivity index (χ2n) is 3.55. The van der Waals surface area contributed by atoms with E-state index in [2.05, 4.69) is 10.3 Å². The summed E-state index contributed by atoms with van der Waals surface area (Å²) in [5.74, 6) is 0.0474. The molecule has 2 heterocycles. The number of hydrogen-bond donors (Lipinski definition) is 2. The Kier molecular flexibility index (Phi) is 2.89. The Morgan fingerprint density at radius 2 is 2.29 bits per heavy atom. The van der Waals surface area contributed by atoms with Crippen LogP contribution in [0.2, 0.25) is 5.15 Å². The van der Waals surface area contributed by atoms with E-state index in [0.717, 1.165) is 18.7 Å². The number of rotatable bonds is 1. The molecule has 14 heavy (non-hydrogen) atoms. The SMILES string of the molecule is Oc1ccc([C@H]2CCCCN2)nc1Cl. The molecular formula is C10H13ClN2O. The van der Waals surface area contributed by atoms with Gasteiger partial charge in [-0.25, -0.2) is 4.98 Å². The number of nitrogens with zero attached hydrogens (tertiary/aromatic N) is 1. The topological polar surface area (TPSA) is 45.1 Å². The van der Waals surface area contributed by atoms with Crippen molar-refractivity contribution in [3.8, 4) is 5.75 Å². The smallest absolute Gasteiger partial charge is 0.171 e. The molecule has 0 bridgehead atoms. The number of piperidine rings is 1. The van der Waals surface area contributed by atoms with Crippen LogP contribution in [-0.2, 0) is 0 Å². The Balaban J connectivity index is 2.18. The highest BCUT2D eigenvalue weighted by Crippen LogP contribution is 2.26. The molecule has 1 aromatic heterocycles. The van der Waals surface area contributed by atoms with E-state index >= 15 is 0 Å². The molecule has 4 heteroatoms. The molecule has 2 N–H and O–H groups in total. The van der Waals surface area contributed by atoms with Crippen molar-refractivity contribution < 1.29 is 5.11 Å². The zero-order valence-electron chi connectivity index (χ0n) is 7.83. The molecule has 0 saturated carbocycles. The van der Waals surface area contributed by atoms with E-state index < -0.39 is 0 Å². The number of halogens is 1. The summed E-state index contributed by atoms with van der Waals surface area (Å²) in [7, 11) is 0. The maximum Gasteiger partial charge on any atom is 0.171 e. The largest absolute Gasteiger partial charge is 0.505 e. The van der Waals surface area contributed by atoms with Crippen molar-refractivity contribution in [2.24, 2.45) is 0 Å². The summed E-state index contributed by atoms with van der Waals surface area (Å²) in [4.78, 5) is 4.15. The average Bonchev–Trinajstić information content (AvgIpc) is 2.23. The van der Waals surface area contributed by atoms with Crippen molar-refractivity contribution in [1.82, 2.24) is 10.3 Å². The van der Waals surface area contributed by atoms with E-state index in [1.807, 2.05) is 6.07 Å². The monoisotopic (exact) mass is 212 g/mol. The van der Waals surface area contributed by atoms with E-state index in [1.165, 1.54) is 12.8 Å². The second-order valence-corrected chi connectivity index (χ2v) is 3.91. The molecule has 76 valence electrons. The van der Waals surface area contributed by atoms with Gasteiger partial charge < -0.3 is 10.4 Å². The highest BCUT2D eigenvalue weighted by molar-refractivity contribution is 6.30. The van der Waals surface area contributed by atoms with Crippen molar-refractivity contribution in [3.05, 3.63) is 23.0 Å². The molecule has 0 aliphatic carbocycles. The van der Waals surface area contributed by atoms with Crippen LogP contribution in [-0.4, -0.2) is 16.6 Å². The van der Waals surface area contributed by atoms with Crippen LogP contribution in [0.5, 0.6) is 5.75 Å². The first-order valence-corrected chi connectivity index (χ1v) is 5.24. The van der Waals surface area contributed by atoms with Gasteiger partial charge in [0.1, 0.15) is 0 Å². The average molecular weight is 213 g/mol. The van der Waals surface area contributed by atoms with Gasteiger partial charge in [-0.1, -0.05) is 18.0 Å². The van der Waals surface area contributed by atoms with Crippen LogP contribution in [0.15, 0.2) is 12.1 Å². The predicted molar refractivity (Wildman–Crippen MR) is 55.5 cm³/mol. The number of pyridine rings is 1. The van der Waals surface area contributed by atoms with E-state index in [9.17, 15) is 5.11 Å². The number of nitrogens with one attached hydrogen (secondary N) is 1. The number of hydrogen-bond acceptors (Lipinski definition) is 3. The van der Waals surface area contributed by atoms with E-state index in [1.54, 1.807) is 6.07 Å². The highest BCUT2D eigenvalue weighted by atomic mass is 35.5. The van der Waals surface area contributed by atoms with Crippen LogP contribution >= 0.6 is 11.6 Å². The normalized spacial score (nSPS) is 22.2. The molecule has 1 aliphatic rings. The van der Waals surface area contributed by atoms with E-state index in [0.29, 0.717) is 6.04 Å². The first-order valence-electron chi connectivity index (χ1n) is 4.86. The van der Waals surface area contributed by atoms with Gasteiger partial charge in [0.15, 0.2) is 10.9 Å². The predicted octanol–water partition coefficient (Wildman–Crippen LogP) is 2.26. The van der Waals surface area contributed by atoms with Gasteiger partial charge in [-0.2, -0.15) is 0 Å². The maximum absolute atomic E-state index is 9.23. The molecule has 2 rings (SSSR count). The van der Waals surface area contributed by atoms with Crippen LogP contribution in [0.4, 0.5) is 0 Å². The summed E-state index contributed by atoms with van der Waals surface area (Å²) in [6.07, 6.45) is 3.54. The quantitative estimate of drug-likeness (QED) is 0.702. The van der Waals surface area contributed by atoms with Crippen molar-refractivity contribution in [2.45, 2.75) is 25.3 Å². The Bertz CT molecular complexity index is 324. The Hall–Kier alpha value is -0.800. The van der Waals surface area contributed by atoms with Crippen molar-refractivity contribution in [3.63, 3.8) is 0 Å². The Labute approximate surface area is 88.1 Å². The van der Waals surface area contributed by atoms with Crippen molar-refractivity contribution >= 4 is 11.6 Å². The summed E-state index contributed by atoms with van der Waals surface area (Å²) in [6.45, 7) is 1.03. The summed E-state index contributed by atoms with van der Waals surface area (Å²) >= 11 is 5.74. The molecule has 1 atom stereocenters. The van der Waals surface area contributed by atoms with Gasteiger partial charge in [0.2, 0.25) is 0 Å². The minimum absolute atomic E-state index is 0.0474. The molecule has 1 fully saturated rings. The van der Waals surface area contributed by atoms with Gasteiger partial charge >= 0.3 is 0 Å². The molecule has 1 aliphatic heterocycles. The lowest BCUT2D eigenvalue weighted by atomic mass is 10.0. The summed E-state index contributed by atoms with van der Waals surface area (Å²) in [5, 5.41) is 12.8. The van der Waals surface area contributed by atoms with Gasteiger partial charge in [0.05, 0.1) is 5.69 Å². The highest BCUT2D eigenvalue weighted by Gasteiger charge is 2.16. The first kappa shape index (κ1) is 9.74. The van der Waals surface area contributed by atoms with Crippen LogP contribution in [0.3, 0.4) is 0 Å². The molecular weight excluding hydrogens is 200 g/mol. The van der Waals surface area contributed by atoms with Crippen molar-refractivity contribution in [1.29, 1.82) is 0 Å². The minimum Gasteiger partial charge on any atom is -0.505 e. The molecule has 1 aromatic rings. The van der Waals surface area contributed by atoms with Crippen LogP contribution in [0, 0.1) is 0 Å². The third-order valence-electron chi connectivity index (χ3n) is 2.52. The summed E-state index contributed by atoms with van der Waals surface area (Å²) in [5.41, 5.74) is 0.924. The maximum atomic E-state index is 9.23. The second kappa shape index (κ2) is 4.15. The molecule has 0 radical (unpaired) electrons. The van der Waals surface area contributed by atoms with E-state index in [-0.39, 0.29) is 10.9 Å². The fraction of sp³-hybridized carbons (Fsp3) is 0.500. The standard InChI is InChI=1S/C10H13ClN2O/c11-10-9(14)5-4-8(13-10)7-3-1-2-6-12-7/h4-5,7,12,14H,1-3,6H2/t7-/m1/s1. The number of aromatic hydroxyl groups is 1. The molecule has 0 unspecified atom stereocenters. The fourth-order valence-corrected chi connectivity index (χ4v) is 1.90. The molecule has 0 spiro atoms. The van der Waals surface area contributed by atoms with Crippen molar-refractivity contribution in [2.75, 3.05) is 6.54 Å². The molecule has 0 aromatic carbocycles. The Morgan fingerprint density at radius 3 is 2.93 bits per heavy atom. The Morgan fingerprint density at radius 1 is 1.43 bits per heavy atom.